The number of ether oxygens (including phenoxy) is 1. The maximum atomic E-state index is 9.48. The first kappa shape index (κ1) is 11.1. The van der Waals surface area contributed by atoms with Crippen molar-refractivity contribution in [1.82, 2.24) is 0 Å². The van der Waals surface area contributed by atoms with Gasteiger partial charge in [0, 0.05) is 6.42 Å². The van der Waals surface area contributed by atoms with Gasteiger partial charge < -0.3 is 9.84 Å². The lowest BCUT2D eigenvalue weighted by atomic mass is 10.1. The van der Waals surface area contributed by atoms with Gasteiger partial charge in [-0.3, -0.25) is 0 Å². The molecule has 0 saturated carbocycles. The fraction of sp³-hybridized carbons (Fsp3) is 0.500. The Morgan fingerprint density at radius 1 is 1.50 bits per heavy atom. The Kier molecular flexibility index (Phi) is 3.53. The predicted molar refractivity (Wildman–Crippen MR) is 56.4 cm³/mol. The molecule has 2 nitrogen and oxygen atoms in total. The topological polar surface area (TPSA) is 29.5 Å². The molecule has 1 aromatic carbocycles. The Morgan fingerprint density at radius 3 is 2.79 bits per heavy atom. The molecule has 0 aliphatic heterocycles. The highest BCUT2D eigenvalue weighted by Gasteiger charge is 2.12. The van der Waals surface area contributed by atoms with E-state index in [1.165, 1.54) is 0 Å². The summed E-state index contributed by atoms with van der Waals surface area (Å²) in [7, 11) is 0. The van der Waals surface area contributed by atoms with Crippen LogP contribution in [0.15, 0.2) is 18.2 Å². The minimum absolute atomic E-state index is 0.530. The summed E-state index contributed by atoms with van der Waals surface area (Å²) in [6.07, 6.45) is 0.626. The van der Waals surface area contributed by atoms with Crippen LogP contribution >= 0.6 is 0 Å². The molecule has 0 bridgehead atoms. The summed E-state index contributed by atoms with van der Waals surface area (Å²) >= 11 is 0. The molecule has 1 aromatic rings. The second-order valence-electron chi connectivity index (χ2n) is 4.07. The van der Waals surface area contributed by atoms with E-state index in [2.05, 4.69) is 6.07 Å². The summed E-state index contributed by atoms with van der Waals surface area (Å²) in [5, 5.41) is 9.48. The first-order chi connectivity index (χ1) is 6.49. The van der Waals surface area contributed by atoms with Gasteiger partial charge in [0.25, 0.3) is 0 Å². The Hall–Kier alpha value is -1.02. The lowest BCUT2D eigenvalue weighted by Gasteiger charge is -2.17. The van der Waals surface area contributed by atoms with Gasteiger partial charge in [-0.15, -0.1) is 0 Å². The molecule has 0 aliphatic carbocycles. The van der Waals surface area contributed by atoms with Crippen LogP contribution in [-0.4, -0.2) is 17.3 Å². The standard InChI is InChI=1S/C12H17O2/c1-10-6-4-5-7-11(10)14-9-8-12(2,3)13/h4-5,7,13H,8-9H2,1-3H3. The van der Waals surface area contributed by atoms with E-state index in [-0.39, 0.29) is 0 Å². The third-order valence-electron chi connectivity index (χ3n) is 1.98. The maximum absolute atomic E-state index is 9.48. The van der Waals surface area contributed by atoms with Crippen LogP contribution in [0.1, 0.15) is 25.8 Å². The Balaban J connectivity index is 2.43. The minimum atomic E-state index is -0.660. The molecule has 0 aliphatic rings. The van der Waals surface area contributed by atoms with E-state index in [9.17, 15) is 5.11 Å². The largest absolute Gasteiger partial charge is 0.493 e. The van der Waals surface area contributed by atoms with Gasteiger partial charge in [-0.05, 0) is 38.5 Å². The summed E-state index contributed by atoms with van der Waals surface area (Å²) in [6.45, 7) is 6.04. The highest BCUT2D eigenvalue weighted by molar-refractivity contribution is 5.30. The third kappa shape index (κ3) is 3.79. The Labute approximate surface area is 85.5 Å². The van der Waals surface area contributed by atoms with E-state index < -0.39 is 5.60 Å². The van der Waals surface area contributed by atoms with Gasteiger partial charge in [0.2, 0.25) is 0 Å². The fourth-order valence-electron chi connectivity index (χ4n) is 1.07. The van der Waals surface area contributed by atoms with Crippen molar-refractivity contribution >= 4 is 0 Å². The SMILES string of the molecule is Cc1[c]cccc1OCCC(C)(C)O. The van der Waals surface area contributed by atoms with Gasteiger partial charge in [-0.2, -0.15) is 0 Å². The summed E-state index contributed by atoms with van der Waals surface area (Å²) in [5.41, 5.74) is 0.343. The smallest absolute Gasteiger partial charge is 0.122 e. The first-order valence-corrected chi connectivity index (χ1v) is 4.81. The van der Waals surface area contributed by atoms with Gasteiger partial charge in [-0.25, -0.2) is 0 Å². The zero-order valence-corrected chi connectivity index (χ0v) is 9.00. The van der Waals surface area contributed by atoms with Crippen molar-refractivity contribution in [2.45, 2.75) is 32.8 Å². The summed E-state index contributed by atoms with van der Waals surface area (Å²) in [4.78, 5) is 0. The maximum Gasteiger partial charge on any atom is 0.122 e. The average molecular weight is 193 g/mol. The molecule has 1 radical (unpaired) electrons. The van der Waals surface area contributed by atoms with Crippen LogP contribution in [-0.2, 0) is 0 Å². The number of benzene rings is 1. The molecule has 2 heteroatoms. The number of aryl methyl sites for hydroxylation is 1. The minimum Gasteiger partial charge on any atom is -0.493 e. The molecule has 0 atom stereocenters. The molecular weight excluding hydrogens is 176 g/mol. The van der Waals surface area contributed by atoms with Crippen LogP contribution in [0.4, 0.5) is 0 Å². The monoisotopic (exact) mass is 193 g/mol. The summed E-state index contributed by atoms with van der Waals surface area (Å²) in [6, 6.07) is 8.73. The van der Waals surface area contributed by atoms with E-state index in [4.69, 9.17) is 4.74 Å². The van der Waals surface area contributed by atoms with Crippen LogP contribution in [0, 0.1) is 13.0 Å². The highest BCUT2D eigenvalue weighted by atomic mass is 16.5. The molecule has 1 N–H and O–H groups in total. The highest BCUT2D eigenvalue weighted by Crippen LogP contribution is 2.17. The molecule has 1 rings (SSSR count). The number of rotatable bonds is 4. The molecule has 0 saturated heterocycles. The van der Waals surface area contributed by atoms with E-state index in [1.807, 2.05) is 25.1 Å². The average Bonchev–Trinajstić information content (AvgIpc) is 2.06. The third-order valence-corrected chi connectivity index (χ3v) is 1.98. The van der Waals surface area contributed by atoms with Gasteiger partial charge in [0.05, 0.1) is 12.2 Å². The van der Waals surface area contributed by atoms with Gasteiger partial charge >= 0.3 is 0 Å². The molecule has 0 heterocycles. The zero-order valence-electron chi connectivity index (χ0n) is 9.00. The lowest BCUT2D eigenvalue weighted by molar-refractivity contribution is 0.0552. The van der Waals surface area contributed by atoms with E-state index in [0.717, 1.165) is 11.3 Å². The van der Waals surface area contributed by atoms with Crippen molar-refractivity contribution in [2.24, 2.45) is 0 Å². The van der Waals surface area contributed by atoms with Gasteiger partial charge in [0.15, 0.2) is 0 Å². The predicted octanol–water partition coefficient (Wildman–Crippen LogP) is 2.34. The molecule has 0 unspecified atom stereocenters. The molecule has 0 amide bonds. The first-order valence-electron chi connectivity index (χ1n) is 4.81. The summed E-state index contributed by atoms with van der Waals surface area (Å²) in [5.74, 6) is 0.844. The van der Waals surface area contributed by atoms with Crippen LogP contribution < -0.4 is 4.74 Å². The van der Waals surface area contributed by atoms with E-state index in [0.29, 0.717) is 13.0 Å². The van der Waals surface area contributed by atoms with Crippen LogP contribution in [0.5, 0.6) is 5.75 Å². The van der Waals surface area contributed by atoms with Gasteiger partial charge in [0.1, 0.15) is 5.75 Å². The molecule has 0 spiro atoms. The van der Waals surface area contributed by atoms with Crippen LogP contribution in [0.2, 0.25) is 0 Å². The second kappa shape index (κ2) is 4.47. The van der Waals surface area contributed by atoms with Crippen molar-refractivity contribution in [2.75, 3.05) is 6.61 Å². The number of aliphatic hydroxyl groups is 1. The molecular formula is C12H17O2. The molecule has 77 valence electrons. The Morgan fingerprint density at radius 2 is 2.21 bits per heavy atom. The second-order valence-corrected chi connectivity index (χ2v) is 4.07. The van der Waals surface area contributed by atoms with Crippen molar-refractivity contribution in [3.05, 3.63) is 29.8 Å². The van der Waals surface area contributed by atoms with Crippen LogP contribution in [0.3, 0.4) is 0 Å². The quantitative estimate of drug-likeness (QED) is 0.795. The van der Waals surface area contributed by atoms with E-state index in [1.54, 1.807) is 13.8 Å². The number of hydrogen-bond donors (Lipinski definition) is 1. The van der Waals surface area contributed by atoms with Crippen LogP contribution in [0.25, 0.3) is 0 Å². The van der Waals surface area contributed by atoms with Crippen molar-refractivity contribution in [3.8, 4) is 5.75 Å². The fourth-order valence-corrected chi connectivity index (χ4v) is 1.07. The molecule has 0 fully saturated rings. The van der Waals surface area contributed by atoms with E-state index >= 15 is 0 Å². The number of hydrogen-bond acceptors (Lipinski definition) is 2. The van der Waals surface area contributed by atoms with Crippen molar-refractivity contribution < 1.29 is 9.84 Å². The van der Waals surface area contributed by atoms with Crippen molar-refractivity contribution in [1.29, 1.82) is 0 Å². The molecule has 14 heavy (non-hydrogen) atoms. The van der Waals surface area contributed by atoms with Gasteiger partial charge in [-0.1, -0.05) is 12.1 Å². The Bertz CT molecular complexity index is 287. The molecule has 0 aromatic heterocycles. The summed E-state index contributed by atoms with van der Waals surface area (Å²) < 4.78 is 5.52. The zero-order chi connectivity index (χ0) is 10.6. The van der Waals surface area contributed by atoms with Crippen molar-refractivity contribution in [3.63, 3.8) is 0 Å². The normalized spacial score (nSPS) is 11.4. The lowest BCUT2D eigenvalue weighted by Crippen LogP contribution is -2.21.